The number of aliphatic hydroxyl groups is 1. The number of hydrogen-bond donors (Lipinski definition) is 2. The highest BCUT2D eigenvalue weighted by Crippen LogP contribution is 2.40. The summed E-state index contributed by atoms with van der Waals surface area (Å²) < 4.78 is 21.8. The van der Waals surface area contributed by atoms with E-state index in [0.717, 1.165) is 0 Å². The number of ether oxygens (including phenoxy) is 4. The van der Waals surface area contributed by atoms with E-state index >= 15 is 0 Å². The third kappa shape index (κ3) is 4.24. The Morgan fingerprint density at radius 1 is 0.964 bits per heavy atom. The Morgan fingerprint density at radius 2 is 1.71 bits per heavy atom. The van der Waals surface area contributed by atoms with Crippen molar-refractivity contribution in [3.8, 4) is 40.3 Å². The first kappa shape index (κ1) is 19.2. The zero-order valence-corrected chi connectivity index (χ0v) is 15.7. The molecule has 0 bridgehead atoms. The highest BCUT2D eigenvalue weighted by Gasteiger charge is 2.20. The van der Waals surface area contributed by atoms with Crippen LogP contribution in [0.15, 0.2) is 48.5 Å². The normalized spacial score (nSPS) is 11.6. The number of nitrogens with zero attached hydrogens (tertiary/aromatic N) is 2. The molecule has 2 aromatic carbocycles. The monoisotopic (exact) mass is 383 g/mol. The average molecular weight is 383 g/mol. The van der Waals surface area contributed by atoms with E-state index in [-0.39, 0.29) is 17.4 Å². The van der Waals surface area contributed by atoms with Gasteiger partial charge in [-0.3, -0.25) is 0 Å². The molecule has 3 N–H and O–H groups in total. The van der Waals surface area contributed by atoms with Crippen LogP contribution in [0.1, 0.15) is 6.92 Å². The minimum absolute atomic E-state index is 0.00576. The fourth-order valence-corrected chi connectivity index (χ4v) is 2.49. The van der Waals surface area contributed by atoms with Crippen molar-refractivity contribution in [1.82, 2.24) is 9.97 Å². The van der Waals surface area contributed by atoms with Crippen LogP contribution in [-0.2, 0) is 0 Å². The van der Waals surface area contributed by atoms with Crippen molar-refractivity contribution in [2.45, 2.75) is 13.2 Å². The lowest BCUT2D eigenvalue weighted by Crippen LogP contribution is -2.13. The fraction of sp³-hybridized carbons (Fsp3) is 0.200. The Bertz CT molecular complexity index is 962. The van der Waals surface area contributed by atoms with Gasteiger partial charge in [-0.2, -0.15) is 4.98 Å². The number of anilines is 1. The van der Waals surface area contributed by atoms with Gasteiger partial charge in [-0.1, -0.05) is 24.3 Å². The summed E-state index contributed by atoms with van der Waals surface area (Å²) in [7, 11) is 3.10. The summed E-state index contributed by atoms with van der Waals surface area (Å²) in [5.74, 6) is 2.00. The van der Waals surface area contributed by atoms with Gasteiger partial charge in [-0.15, -0.1) is 0 Å². The van der Waals surface area contributed by atoms with Gasteiger partial charge in [0.1, 0.15) is 5.75 Å². The van der Waals surface area contributed by atoms with Crippen molar-refractivity contribution in [2.24, 2.45) is 0 Å². The van der Waals surface area contributed by atoms with Crippen LogP contribution in [0.2, 0.25) is 0 Å². The minimum atomic E-state index is -1.13. The first-order chi connectivity index (χ1) is 13.5. The molecule has 146 valence electrons. The van der Waals surface area contributed by atoms with Gasteiger partial charge in [0.15, 0.2) is 29.4 Å². The lowest BCUT2D eigenvalue weighted by atomic mass is 10.2. The first-order valence-corrected chi connectivity index (χ1v) is 8.49. The predicted octanol–water partition coefficient (Wildman–Crippen LogP) is 3.25. The van der Waals surface area contributed by atoms with Crippen molar-refractivity contribution in [2.75, 3.05) is 20.0 Å². The van der Waals surface area contributed by atoms with Gasteiger partial charge in [0.05, 0.1) is 14.2 Å². The first-order valence-electron chi connectivity index (χ1n) is 8.49. The summed E-state index contributed by atoms with van der Waals surface area (Å²) in [5, 5.41) is 9.71. The van der Waals surface area contributed by atoms with E-state index in [1.54, 1.807) is 37.4 Å². The Labute approximate surface area is 162 Å². The van der Waals surface area contributed by atoms with Crippen LogP contribution in [-0.4, -0.2) is 35.6 Å². The van der Waals surface area contributed by atoms with Crippen LogP contribution < -0.4 is 24.7 Å². The molecule has 0 saturated heterocycles. The minimum Gasteiger partial charge on any atom is -0.497 e. The molecule has 8 heteroatoms. The number of aliphatic hydroxyl groups excluding tert-OH is 1. The molecule has 8 nitrogen and oxygen atoms in total. The van der Waals surface area contributed by atoms with Gasteiger partial charge < -0.3 is 29.8 Å². The molecule has 0 radical (unpaired) electrons. The summed E-state index contributed by atoms with van der Waals surface area (Å²) in [6.45, 7) is 1.45. The zero-order chi connectivity index (χ0) is 20.1. The van der Waals surface area contributed by atoms with E-state index in [9.17, 15) is 5.11 Å². The highest BCUT2D eigenvalue weighted by atomic mass is 16.6. The molecule has 0 amide bonds. The molecule has 1 aromatic heterocycles. The number of benzene rings is 2. The number of hydrogen-bond acceptors (Lipinski definition) is 8. The van der Waals surface area contributed by atoms with Crippen molar-refractivity contribution in [3.63, 3.8) is 0 Å². The quantitative estimate of drug-likeness (QED) is 0.599. The van der Waals surface area contributed by atoms with Gasteiger partial charge >= 0.3 is 0 Å². The molecule has 28 heavy (non-hydrogen) atoms. The number of nitrogens with two attached hydrogens (primary N) is 1. The maximum atomic E-state index is 9.71. The van der Waals surface area contributed by atoms with Crippen molar-refractivity contribution in [1.29, 1.82) is 0 Å². The van der Waals surface area contributed by atoms with Gasteiger partial charge in [0.2, 0.25) is 5.75 Å². The largest absolute Gasteiger partial charge is 0.497 e. The van der Waals surface area contributed by atoms with Crippen LogP contribution in [0.3, 0.4) is 0 Å². The van der Waals surface area contributed by atoms with E-state index in [4.69, 9.17) is 24.7 Å². The Morgan fingerprint density at radius 3 is 2.39 bits per heavy atom. The molecule has 0 spiro atoms. The van der Waals surface area contributed by atoms with Crippen molar-refractivity contribution in [3.05, 3.63) is 48.5 Å². The van der Waals surface area contributed by atoms with Gasteiger partial charge in [0, 0.05) is 5.56 Å². The second-order valence-corrected chi connectivity index (χ2v) is 5.77. The molecule has 3 rings (SSSR count). The summed E-state index contributed by atoms with van der Waals surface area (Å²) in [5.41, 5.74) is 6.81. The predicted molar refractivity (Wildman–Crippen MR) is 104 cm³/mol. The summed E-state index contributed by atoms with van der Waals surface area (Å²) >= 11 is 0. The van der Waals surface area contributed by atoms with Crippen LogP contribution in [0, 0.1) is 0 Å². The molecular formula is C20H21N3O5. The van der Waals surface area contributed by atoms with Crippen molar-refractivity contribution < 1.29 is 24.1 Å². The van der Waals surface area contributed by atoms with Crippen LogP contribution >= 0.6 is 0 Å². The topological polar surface area (TPSA) is 109 Å². The average Bonchev–Trinajstić information content (AvgIpc) is 2.70. The fourth-order valence-electron chi connectivity index (χ4n) is 2.49. The third-order valence-electron chi connectivity index (χ3n) is 3.75. The Hall–Kier alpha value is -3.52. The lowest BCUT2D eigenvalue weighted by Gasteiger charge is -2.17. The van der Waals surface area contributed by atoms with Gasteiger partial charge in [-0.05, 0) is 31.2 Å². The lowest BCUT2D eigenvalue weighted by molar-refractivity contribution is -0.00520. The SMILES string of the molecule is COc1cccc(-c2nc(N)c(Oc3ccccc3OC)c(OC(C)O)n2)c1. The third-order valence-corrected chi connectivity index (χ3v) is 3.75. The van der Waals surface area contributed by atoms with Crippen LogP contribution in [0.4, 0.5) is 5.82 Å². The smallest absolute Gasteiger partial charge is 0.266 e. The standard InChI is InChI=1S/C20H21N3O5/c1-12(24)27-20-17(28-16-10-5-4-9-15(16)26-3)18(21)22-19(23-20)13-7-6-8-14(11-13)25-2/h4-12,24H,1-3H3,(H2,21,22,23). The maximum absolute atomic E-state index is 9.71. The summed E-state index contributed by atoms with van der Waals surface area (Å²) in [6.07, 6.45) is -1.13. The molecule has 1 unspecified atom stereocenters. The van der Waals surface area contributed by atoms with Gasteiger partial charge in [-0.25, -0.2) is 4.98 Å². The molecule has 0 aliphatic rings. The number of methoxy groups -OCH3 is 2. The molecule has 1 atom stereocenters. The second kappa shape index (κ2) is 8.45. The van der Waals surface area contributed by atoms with Crippen LogP contribution in [0.5, 0.6) is 28.9 Å². The summed E-state index contributed by atoms with van der Waals surface area (Å²) in [6, 6.07) is 14.2. The highest BCUT2D eigenvalue weighted by molar-refractivity contribution is 5.64. The number of nitrogen functional groups attached to an aromatic ring is 1. The number of para-hydroxylation sites is 2. The molecule has 3 aromatic rings. The second-order valence-electron chi connectivity index (χ2n) is 5.77. The molecule has 0 aliphatic heterocycles. The molecule has 0 saturated carbocycles. The van der Waals surface area contributed by atoms with E-state index in [1.807, 2.05) is 18.2 Å². The van der Waals surface area contributed by atoms with E-state index in [0.29, 0.717) is 28.6 Å². The summed E-state index contributed by atoms with van der Waals surface area (Å²) in [4.78, 5) is 8.70. The maximum Gasteiger partial charge on any atom is 0.266 e. The van der Waals surface area contributed by atoms with Gasteiger partial charge in [0.25, 0.3) is 5.88 Å². The number of aromatic nitrogens is 2. The van der Waals surface area contributed by atoms with E-state index in [1.165, 1.54) is 14.0 Å². The van der Waals surface area contributed by atoms with Crippen molar-refractivity contribution >= 4 is 5.82 Å². The zero-order valence-electron chi connectivity index (χ0n) is 15.7. The number of rotatable bonds is 7. The van der Waals surface area contributed by atoms with E-state index < -0.39 is 6.29 Å². The van der Waals surface area contributed by atoms with E-state index in [2.05, 4.69) is 9.97 Å². The molecular weight excluding hydrogens is 362 g/mol. The molecule has 1 heterocycles. The van der Waals surface area contributed by atoms with Crippen LogP contribution in [0.25, 0.3) is 11.4 Å². The molecule has 0 aliphatic carbocycles. The molecule has 0 fully saturated rings. The Balaban J connectivity index is 2.07. The Kier molecular flexibility index (Phi) is 5.81.